The Labute approximate surface area is 108 Å². The largest absolute Gasteiger partial charge is 0.314 e. The molecule has 4 nitrogen and oxygen atoms in total. The highest BCUT2D eigenvalue weighted by atomic mass is 16.1. The normalized spacial score (nSPS) is 24.1. The monoisotopic (exact) mass is 245 g/mol. The number of hydrogen-bond acceptors (Lipinski definition) is 4. The molecule has 0 aromatic carbocycles. The molecule has 0 aliphatic carbocycles. The molecular weight excluding hydrogens is 226 g/mol. The fourth-order valence-electron chi connectivity index (χ4n) is 2.38. The quantitative estimate of drug-likeness (QED) is 0.884. The number of carbonyl (C=O) groups excluding carboxylic acids is 1. The first-order valence-electron chi connectivity index (χ1n) is 6.32. The number of pyridine rings is 1. The molecule has 1 unspecified atom stereocenters. The summed E-state index contributed by atoms with van der Waals surface area (Å²) in [4.78, 5) is 16.7. The van der Waals surface area contributed by atoms with Crippen LogP contribution in [0.15, 0.2) is 36.3 Å². The Hall–Kier alpha value is -1.68. The second kappa shape index (κ2) is 4.90. The van der Waals surface area contributed by atoms with E-state index in [1.165, 1.54) is 0 Å². The molecule has 18 heavy (non-hydrogen) atoms. The van der Waals surface area contributed by atoms with Crippen LogP contribution in [0, 0.1) is 0 Å². The minimum Gasteiger partial charge on any atom is -0.314 e. The maximum Gasteiger partial charge on any atom is 0.186 e. The van der Waals surface area contributed by atoms with Crippen molar-refractivity contribution in [2.45, 2.75) is 32.7 Å². The highest BCUT2D eigenvalue weighted by molar-refractivity contribution is 6.03. The van der Waals surface area contributed by atoms with Crippen LogP contribution in [0.25, 0.3) is 0 Å². The third kappa shape index (κ3) is 1.93. The maximum absolute atomic E-state index is 12.6. The summed E-state index contributed by atoms with van der Waals surface area (Å²) in [5.41, 5.74) is 4.35. The number of carbonyl (C=O) groups is 1. The molecule has 1 aliphatic heterocycles. The molecule has 96 valence electrons. The van der Waals surface area contributed by atoms with Crippen molar-refractivity contribution in [2.24, 2.45) is 0 Å². The van der Waals surface area contributed by atoms with Crippen molar-refractivity contribution in [2.75, 3.05) is 6.54 Å². The SMILES string of the molecule is CCN1C=C(C)C(=O)C(CC)(c2cccnc2)N1. The Bertz CT molecular complexity index is 469. The summed E-state index contributed by atoms with van der Waals surface area (Å²) in [6, 6.07) is 3.82. The van der Waals surface area contributed by atoms with E-state index < -0.39 is 5.54 Å². The van der Waals surface area contributed by atoms with E-state index in [4.69, 9.17) is 0 Å². The molecular formula is C14H19N3O. The van der Waals surface area contributed by atoms with Crippen LogP contribution in [-0.2, 0) is 10.3 Å². The number of rotatable bonds is 3. The lowest BCUT2D eigenvalue weighted by molar-refractivity contribution is -0.125. The summed E-state index contributed by atoms with van der Waals surface area (Å²) in [5.74, 6) is 0.128. The van der Waals surface area contributed by atoms with E-state index in [-0.39, 0.29) is 5.78 Å². The minimum absolute atomic E-state index is 0.128. The molecule has 1 atom stereocenters. The van der Waals surface area contributed by atoms with Gasteiger partial charge in [-0.15, -0.1) is 0 Å². The van der Waals surface area contributed by atoms with Gasteiger partial charge in [-0.1, -0.05) is 13.0 Å². The molecule has 2 heterocycles. The average molecular weight is 245 g/mol. The van der Waals surface area contributed by atoms with Crippen molar-refractivity contribution in [3.63, 3.8) is 0 Å². The molecule has 0 radical (unpaired) electrons. The van der Waals surface area contributed by atoms with Crippen LogP contribution in [0.4, 0.5) is 0 Å². The van der Waals surface area contributed by atoms with Crippen LogP contribution in [0.5, 0.6) is 0 Å². The Balaban J connectivity index is 2.50. The van der Waals surface area contributed by atoms with Gasteiger partial charge >= 0.3 is 0 Å². The smallest absolute Gasteiger partial charge is 0.186 e. The molecule has 1 aromatic rings. The van der Waals surface area contributed by atoms with Crippen molar-refractivity contribution in [1.82, 2.24) is 15.4 Å². The molecule has 0 spiro atoms. The summed E-state index contributed by atoms with van der Waals surface area (Å²) in [6.45, 7) is 6.75. The van der Waals surface area contributed by atoms with Crippen LogP contribution < -0.4 is 5.43 Å². The summed E-state index contributed by atoms with van der Waals surface area (Å²) in [5, 5.41) is 1.97. The molecule has 4 heteroatoms. The van der Waals surface area contributed by atoms with Gasteiger partial charge in [0.1, 0.15) is 5.54 Å². The van der Waals surface area contributed by atoms with E-state index in [2.05, 4.69) is 17.3 Å². The maximum atomic E-state index is 12.6. The predicted molar refractivity (Wildman–Crippen MR) is 70.5 cm³/mol. The third-order valence-corrected chi connectivity index (χ3v) is 3.46. The van der Waals surface area contributed by atoms with E-state index in [1.54, 1.807) is 12.4 Å². The van der Waals surface area contributed by atoms with Gasteiger partial charge in [-0.05, 0) is 31.9 Å². The highest BCUT2D eigenvalue weighted by Crippen LogP contribution is 2.31. The highest BCUT2D eigenvalue weighted by Gasteiger charge is 2.42. The van der Waals surface area contributed by atoms with Crippen LogP contribution >= 0.6 is 0 Å². The van der Waals surface area contributed by atoms with E-state index in [1.807, 2.05) is 37.2 Å². The van der Waals surface area contributed by atoms with Gasteiger partial charge in [-0.3, -0.25) is 9.78 Å². The van der Waals surface area contributed by atoms with Gasteiger partial charge in [0.15, 0.2) is 5.78 Å². The molecule has 1 N–H and O–H groups in total. The lowest BCUT2D eigenvalue weighted by Gasteiger charge is -2.41. The fourth-order valence-corrected chi connectivity index (χ4v) is 2.38. The molecule has 0 bridgehead atoms. The van der Waals surface area contributed by atoms with Gasteiger partial charge in [0.05, 0.1) is 0 Å². The van der Waals surface area contributed by atoms with Crippen LogP contribution in [0.3, 0.4) is 0 Å². The summed E-state index contributed by atoms with van der Waals surface area (Å²) in [6.07, 6.45) is 6.05. The van der Waals surface area contributed by atoms with Crippen LogP contribution in [0.1, 0.15) is 32.8 Å². The van der Waals surface area contributed by atoms with Crippen molar-refractivity contribution in [1.29, 1.82) is 0 Å². The summed E-state index contributed by atoms with van der Waals surface area (Å²) >= 11 is 0. The zero-order chi connectivity index (χ0) is 13.2. The Kier molecular flexibility index (Phi) is 3.48. The number of nitrogens with one attached hydrogen (secondary N) is 1. The Morgan fingerprint density at radius 2 is 2.22 bits per heavy atom. The molecule has 0 saturated carbocycles. The van der Waals surface area contributed by atoms with E-state index in [9.17, 15) is 4.79 Å². The topological polar surface area (TPSA) is 45.2 Å². The molecule has 1 aliphatic rings. The molecule has 0 amide bonds. The van der Waals surface area contributed by atoms with Crippen molar-refractivity contribution in [3.8, 4) is 0 Å². The fraction of sp³-hybridized carbons (Fsp3) is 0.429. The molecule has 1 aromatic heterocycles. The summed E-state index contributed by atoms with van der Waals surface area (Å²) < 4.78 is 0. The third-order valence-electron chi connectivity index (χ3n) is 3.46. The average Bonchev–Trinajstić information content (AvgIpc) is 2.43. The molecule has 0 fully saturated rings. The first-order valence-corrected chi connectivity index (χ1v) is 6.32. The van der Waals surface area contributed by atoms with E-state index in [0.717, 1.165) is 17.7 Å². The lowest BCUT2D eigenvalue weighted by Crippen LogP contribution is -2.58. The first kappa shape index (κ1) is 12.8. The van der Waals surface area contributed by atoms with Gasteiger partial charge in [-0.25, -0.2) is 5.43 Å². The first-order chi connectivity index (χ1) is 8.64. The van der Waals surface area contributed by atoms with Crippen LogP contribution in [0.2, 0.25) is 0 Å². The zero-order valence-corrected chi connectivity index (χ0v) is 11.1. The number of hydrogen-bond donors (Lipinski definition) is 1. The number of aromatic nitrogens is 1. The van der Waals surface area contributed by atoms with Crippen molar-refractivity contribution in [3.05, 3.63) is 41.9 Å². The van der Waals surface area contributed by atoms with E-state index >= 15 is 0 Å². The van der Waals surface area contributed by atoms with Gasteiger partial charge in [0.2, 0.25) is 0 Å². The Morgan fingerprint density at radius 1 is 1.44 bits per heavy atom. The van der Waals surface area contributed by atoms with Gasteiger partial charge in [0, 0.05) is 30.7 Å². The number of ketones is 1. The number of nitrogens with zero attached hydrogens (tertiary/aromatic N) is 2. The van der Waals surface area contributed by atoms with Crippen LogP contribution in [-0.4, -0.2) is 22.3 Å². The standard InChI is InChI=1S/C14H19N3O/c1-4-14(12-7-6-8-15-9-12)13(18)11(3)10-17(5-2)16-14/h6-10,16H,4-5H2,1-3H3. The number of hydrazine groups is 1. The zero-order valence-electron chi connectivity index (χ0n) is 11.1. The predicted octanol–water partition coefficient (Wildman–Crippen LogP) is 2.00. The Morgan fingerprint density at radius 3 is 2.78 bits per heavy atom. The van der Waals surface area contributed by atoms with Crippen molar-refractivity contribution < 1.29 is 4.79 Å². The number of Topliss-reactive ketones (excluding diaryl/α,β-unsaturated/α-hetero) is 1. The molecule has 0 saturated heterocycles. The van der Waals surface area contributed by atoms with E-state index in [0.29, 0.717) is 6.42 Å². The summed E-state index contributed by atoms with van der Waals surface area (Å²) in [7, 11) is 0. The van der Waals surface area contributed by atoms with Crippen molar-refractivity contribution >= 4 is 5.78 Å². The lowest BCUT2D eigenvalue weighted by atomic mass is 9.81. The van der Waals surface area contributed by atoms with Gasteiger partial charge in [-0.2, -0.15) is 0 Å². The second-order valence-electron chi connectivity index (χ2n) is 4.54. The van der Waals surface area contributed by atoms with Gasteiger partial charge in [0.25, 0.3) is 0 Å². The second-order valence-corrected chi connectivity index (χ2v) is 4.54. The minimum atomic E-state index is -0.677. The van der Waals surface area contributed by atoms with Gasteiger partial charge < -0.3 is 5.01 Å². The molecule has 2 rings (SSSR count).